The molecule has 22 heavy (non-hydrogen) atoms. The molecule has 1 unspecified atom stereocenters. The lowest BCUT2D eigenvalue weighted by atomic mass is 9.57. The normalized spacial score (nSPS) is 22.8. The van der Waals surface area contributed by atoms with Crippen LogP contribution in [0, 0.1) is 5.41 Å². The van der Waals surface area contributed by atoms with E-state index < -0.39 is 21.8 Å². The van der Waals surface area contributed by atoms with Crippen LogP contribution in [0.3, 0.4) is 0 Å². The molecule has 0 aromatic heterocycles. The Hall–Kier alpha value is -1.89. The summed E-state index contributed by atoms with van der Waals surface area (Å²) in [7, 11) is -3.38. The van der Waals surface area contributed by atoms with Crippen molar-refractivity contribution in [1.82, 2.24) is 4.90 Å². The largest absolute Gasteiger partial charge is 0.368 e. The first-order chi connectivity index (χ1) is 10.2. The lowest BCUT2D eigenvalue weighted by Gasteiger charge is -2.60. The van der Waals surface area contributed by atoms with E-state index in [9.17, 15) is 18.0 Å². The minimum Gasteiger partial charge on any atom is -0.368 e. The topological polar surface area (TPSA) is 97.5 Å². The minimum atomic E-state index is -3.38. The standard InChI is InChI=1S/C15H18N2O4S/c1-22(20,21)11-5-2-4-10(8-11)14(19)17-9-15(6-3-7-15)12(17)13(16)18/h2,4-5,8,12H,3,6-7,9H2,1H3,(H2,16,18). The predicted octanol–water partition coefficient (Wildman–Crippen LogP) is 0.570. The van der Waals surface area contributed by atoms with Crippen molar-refractivity contribution in [2.75, 3.05) is 12.8 Å². The number of carbonyl (C=O) groups is 2. The molecule has 1 aliphatic heterocycles. The van der Waals surface area contributed by atoms with Gasteiger partial charge in [-0.2, -0.15) is 0 Å². The van der Waals surface area contributed by atoms with Crippen molar-refractivity contribution in [2.24, 2.45) is 11.1 Å². The molecule has 1 heterocycles. The van der Waals surface area contributed by atoms with Crippen LogP contribution in [0.25, 0.3) is 0 Å². The van der Waals surface area contributed by atoms with Crippen molar-refractivity contribution in [2.45, 2.75) is 30.2 Å². The Labute approximate surface area is 129 Å². The average Bonchev–Trinajstić information content (AvgIpc) is 2.34. The van der Waals surface area contributed by atoms with E-state index in [1.54, 1.807) is 6.07 Å². The molecule has 1 saturated heterocycles. The van der Waals surface area contributed by atoms with Gasteiger partial charge in [-0.1, -0.05) is 12.5 Å². The minimum absolute atomic E-state index is 0.0906. The van der Waals surface area contributed by atoms with Crippen molar-refractivity contribution in [3.05, 3.63) is 29.8 Å². The van der Waals surface area contributed by atoms with Gasteiger partial charge in [0.2, 0.25) is 5.91 Å². The third kappa shape index (κ3) is 2.20. The SMILES string of the molecule is CS(=O)(=O)c1cccc(C(=O)N2CC3(CCC3)C2C(N)=O)c1. The number of hydrogen-bond donors (Lipinski definition) is 1. The molecule has 2 fully saturated rings. The summed E-state index contributed by atoms with van der Waals surface area (Å²) in [5.74, 6) is -0.828. The molecular formula is C15H18N2O4S. The van der Waals surface area contributed by atoms with Crippen LogP contribution in [0.4, 0.5) is 0 Å². The average molecular weight is 322 g/mol. The summed E-state index contributed by atoms with van der Waals surface area (Å²) in [5.41, 5.74) is 5.58. The second kappa shape index (κ2) is 4.81. The zero-order chi connectivity index (χ0) is 16.1. The molecule has 118 valence electrons. The van der Waals surface area contributed by atoms with E-state index in [4.69, 9.17) is 5.73 Å². The van der Waals surface area contributed by atoms with Gasteiger partial charge >= 0.3 is 0 Å². The summed E-state index contributed by atoms with van der Waals surface area (Å²) in [4.78, 5) is 25.8. The zero-order valence-electron chi connectivity index (χ0n) is 12.3. The number of likely N-dealkylation sites (tertiary alicyclic amines) is 1. The number of nitrogens with two attached hydrogens (primary N) is 1. The Morgan fingerprint density at radius 2 is 2.00 bits per heavy atom. The van der Waals surface area contributed by atoms with Crippen LogP contribution in [0.5, 0.6) is 0 Å². The molecular weight excluding hydrogens is 304 g/mol. The van der Waals surface area contributed by atoms with E-state index >= 15 is 0 Å². The second-order valence-electron chi connectivity index (χ2n) is 6.25. The molecule has 1 aromatic carbocycles. The Morgan fingerprint density at radius 1 is 1.32 bits per heavy atom. The number of primary amides is 1. The summed E-state index contributed by atoms with van der Waals surface area (Å²) in [6, 6.07) is 5.31. The van der Waals surface area contributed by atoms with E-state index in [-0.39, 0.29) is 21.8 Å². The monoisotopic (exact) mass is 322 g/mol. The fourth-order valence-electron chi connectivity index (χ4n) is 3.47. The highest BCUT2D eigenvalue weighted by molar-refractivity contribution is 7.90. The van der Waals surface area contributed by atoms with Crippen molar-refractivity contribution >= 4 is 21.7 Å². The lowest BCUT2D eigenvalue weighted by molar-refractivity contribution is -0.149. The summed E-state index contributed by atoms with van der Waals surface area (Å²) < 4.78 is 23.2. The fourth-order valence-corrected chi connectivity index (χ4v) is 4.13. The van der Waals surface area contributed by atoms with E-state index in [0.29, 0.717) is 6.54 Å². The van der Waals surface area contributed by atoms with Crippen molar-refractivity contribution < 1.29 is 18.0 Å². The van der Waals surface area contributed by atoms with Crippen LogP contribution >= 0.6 is 0 Å². The van der Waals surface area contributed by atoms with Gasteiger partial charge in [0.05, 0.1) is 4.90 Å². The first-order valence-corrected chi connectivity index (χ1v) is 9.04. The Bertz CT molecular complexity index is 753. The van der Waals surface area contributed by atoms with E-state index in [0.717, 1.165) is 25.5 Å². The van der Waals surface area contributed by atoms with E-state index in [1.165, 1.54) is 23.1 Å². The van der Waals surface area contributed by atoms with Gasteiger partial charge in [0.1, 0.15) is 6.04 Å². The number of nitrogens with zero attached hydrogens (tertiary/aromatic N) is 1. The van der Waals surface area contributed by atoms with Crippen LogP contribution < -0.4 is 5.73 Å². The highest BCUT2D eigenvalue weighted by Gasteiger charge is 2.60. The first kappa shape index (κ1) is 15.0. The van der Waals surface area contributed by atoms with Crippen LogP contribution in [-0.4, -0.2) is 44.0 Å². The number of rotatable bonds is 3. The second-order valence-corrected chi connectivity index (χ2v) is 8.27. The molecule has 2 aliphatic rings. The molecule has 1 aromatic rings. The maximum absolute atomic E-state index is 12.6. The fraction of sp³-hybridized carbons (Fsp3) is 0.467. The third-order valence-electron chi connectivity index (χ3n) is 4.77. The van der Waals surface area contributed by atoms with Crippen molar-refractivity contribution in [1.29, 1.82) is 0 Å². The Balaban J connectivity index is 1.87. The number of hydrogen-bond acceptors (Lipinski definition) is 4. The lowest BCUT2D eigenvalue weighted by Crippen LogP contribution is -2.72. The zero-order valence-corrected chi connectivity index (χ0v) is 13.1. The summed E-state index contributed by atoms with van der Waals surface area (Å²) in [6.07, 6.45) is 3.96. The van der Waals surface area contributed by atoms with Crippen LogP contribution in [0.2, 0.25) is 0 Å². The van der Waals surface area contributed by atoms with Gasteiger partial charge in [-0.05, 0) is 31.0 Å². The third-order valence-corrected chi connectivity index (χ3v) is 5.88. The number of carbonyl (C=O) groups excluding carboxylic acids is 2. The van der Waals surface area contributed by atoms with Crippen LogP contribution in [0.15, 0.2) is 29.2 Å². The summed E-state index contributed by atoms with van der Waals surface area (Å²) in [6.45, 7) is 0.516. The molecule has 1 saturated carbocycles. The van der Waals surface area contributed by atoms with Gasteiger partial charge in [-0.3, -0.25) is 9.59 Å². The smallest absolute Gasteiger partial charge is 0.254 e. The van der Waals surface area contributed by atoms with Crippen molar-refractivity contribution in [3.8, 4) is 0 Å². The highest BCUT2D eigenvalue weighted by Crippen LogP contribution is 2.53. The van der Waals surface area contributed by atoms with Crippen molar-refractivity contribution in [3.63, 3.8) is 0 Å². The quantitative estimate of drug-likeness (QED) is 0.879. The van der Waals surface area contributed by atoms with Gasteiger partial charge in [0.25, 0.3) is 5.91 Å². The molecule has 0 radical (unpaired) electrons. The number of amides is 2. The summed E-state index contributed by atoms with van der Waals surface area (Å²) >= 11 is 0. The van der Waals surface area contributed by atoms with Gasteiger partial charge in [0, 0.05) is 23.8 Å². The molecule has 3 rings (SSSR count). The molecule has 1 spiro atoms. The van der Waals surface area contributed by atoms with E-state index in [2.05, 4.69) is 0 Å². The number of benzene rings is 1. The summed E-state index contributed by atoms with van der Waals surface area (Å²) in [5, 5.41) is 0. The van der Waals surface area contributed by atoms with E-state index in [1.807, 2.05) is 0 Å². The molecule has 1 aliphatic carbocycles. The Kier molecular flexibility index (Phi) is 3.28. The predicted molar refractivity (Wildman–Crippen MR) is 79.9 cm³/mol. The molecule has 0 bridgehead atoms. The number of sulfone groups is 1. The van der Waals surface area contributed by atoms with Crippen LogP contribution in [-0.2, 0) is 14.6 Å². The molecule has 2 N–H and O–H groups in total. The van der Waals surface area contributed by atoms with Crippen LogP contribution in [0.1, 0.15) is 29.6 Å². The molecule has 6 nitrogen and oxygen atoms in total. The first-order valence-electron chi connectivity index (χ1n) is 7.15. The maximum atomic E-state index is 12.6. The van der Waals surface area contributed by atoms with Gasteiger partial charge < -0.3 is 10.6 Å². The Morgan fingerprint density at radius 3 is 2.50 bits per heavy atom. The van der Waals surface area contributed by atoms with Gasteiger partial charge in [-0.15, -0.1) is 0 Å². The highest BCUT2D eigenvalue weighted by atomic mass is 32.2. The van der Waals surface area contributed by atoms with Gasteiger partial charge in [0.15, 0.2) is 9.84 Å². The molecule has 1 atom stereocenters. The molecule has 2 amide bonds. The molecule has 7 heteroatoms. The van der Waals surface area contributed by atoms with Gasteiger partial charge in [-0.25, -0.2) is 8.42 Å². The maximum Gasteiger partial charge on any atom is 0.254 e.